The molecule has 0 bridgehead atoms. The van der Waals surface area contributed by atoms with Crippen LogP contribution in [0.2, 0.25) is 0 Å². The molecule has 2 N–H and O–H groups in total. The van der Waals surface area contributed by atoms with Gasteiger partial charge >= 0.3 is 5.97 Å². The first-order chi connectivity index (χ1) is 18.0. The molecule has 2 aliphatic rings. The van der Waals surface area contributed by atoms with Crippen molar-refractivity contribution in [3.05, 3.63) is 46.5 Å². The highest BCUT2D eigenvalue weighted by molar-refractivity contribution is 5.97. The van der Waals surface area contributed by atoms with Gasteiger partial charge in [0.1, 0.15) is 23.0 Å². The largest absolute Gasteiger partial charge is 0.507 e. The summed E-state index contributed by atoms with van der Waals surface area (Å²) in [5, 5.41) is 13.3. The zero-order chi connectivity index (χ0) is 26.4. The number of aromatic hydroxyl groups is 1. The van der Waals surface area contributed by atoms with Crippen molar-refractivity contribution >= 4 is 11.9 Å². The van der Waals surface area contributed by atoms with Crippen LogP contribution in [0.1, 0.15) is 66.1 Å². The van der Waals surface area contributed by atoms with E-state index in [0.29, 0.717) is 49.7 Å². The Labute approximate surface area is 218 Å². The molecule has 2 aromatic rings. The van der Waals surface area contributed by atoms with Gasteiger partial charge < -0.3 is 29.4 Å². The topological polar surface area (TPSA) is 103 Å². The van der Waals surface area contributed by atoms with Crippen LogP contribution >= 0.6 is 0 Å². The summed E-state index contributed by atoms with van der Waals surface area (Å²) in [5.74, 6) is 1.97. The molecular formula is C29H37NO7. The Bertz CT molecular complexity index is 1130. The van der Waals surface area contributed by atoms with Crippen molar-refractivity contribution in [1.82, 2.24) is 5.32 Å². The number of phenolic OH excluding ortho intramolecular Hbond substituents is 1. The molecule has 0 saturated heterocycles. The van der Waals surface area contributed by atoms with Gasteiger partial charge in [-0.05, 0) is 68.2 Å². The van der Waals surface area contributed by atoms with E-state index in [-0.39, 0.29) is 23.2 Å². The molecule has 8 nitrogen and oxygen atoms in total. The summed E-state index contributed by atoms with van der Waals surface area (Å²) in [5.41, 5.74) is 3.03. The van der Waals surface area contributed by atoms with Gasteiger partial charge in [-0.3, -0.25) is 4.79 Å². The summed E-state index contributed by atoms with van der Waals surface area (Å²) < 4.78 is 23.1. The highest BCUT2D eigenvalue weighted by atomic mass is 16.6. The predicted octanol–water partition coefficient (Wildman–Crippen LogP) is 4.37. The number of amides is 1. The van der Waals surface area contributed by atoms with Gasteiger partial charge in [0.2, 0.25) is 0 Å². The van der Waals surface area contributed by atoms with Crippen molar-refractivity contribution in [2.24, 2.45) is 5.92 Å². The van der Waals surface area contributed by atoms with E-state index in [1.807, 2.05) is 12.1 Å². The summed E-state index contributed by atoms with van der Waals surface area (Å²) in [6.07, 6.45) is 6.06. The Morgan fingerprint density at radius 1 is 1.05 bits per heavy atom. The maximum Gasteiger partial charge on any atom is 0.347 e. The first-order valence-corrected chi connectivity index (χ1v) is 13.2. The molecule has 1 aliphatic heterocycles. The maximum absolute atomic E-state index is 12.1. The molecule has 4 rings (SSSR count). The fourth-order valence-corrected chi connectivity index (χ4v) is 4.71. The summed E-state index contributed by atoms with van der Waals surface area (Å²) in [6, 6.07) is 7.35. The Kier molecular flexibility index (Phi) is 8.79. The van der Waals surface area contributed by atoms with Crippen molar-refractivity contribution in [1.29, 1.82) is 0 Å². The Balaban J connectivity index is 1.38. The van der Waals surface area contributed by atoms with E-state index in [0.717, 1.165) is 54.7 Å². The second-order valence-corrected chi connectivity index (χ2v) is 9.66. The third-order valence-electron chi connectivity index (χ3n) is 6.90. The Hall–Kier alpha value is -3.42. The number of benzene rings is 2. The molecule has 1 heterocycles. The number of rotatable bonds is 12. The average molecular weight is 512 g/mol. The lowest BCUT2D eigenvalue weighted by atomic mass is 9.96. The first-order valence-electron chi connectivity index (χ1n) is 13.2. The van der Waals surface area contributed by atoms with Crippen LogP contribution in [-0.4, -0.2) is 50.5 Å². The van der Waals surface area contributed by atoms with Gasteiger partial charge in [0.15, 0.2) is 6.10 Å². The van der Waals surface area contributed by atoms with Crippen LogP contribution < -0.4 is 19.5 Å². The van der Waals surface area contributed by atoms with Crippen LogP contribution in [0.5, 0.6) is 23.0 Å². The van der Waals surface area contributed by atoms with Gasteiger partial charge in [0.25, 0.3) is 5.91 Å². The standard InChI is InChI=1S/C29H37NO7/c1-4-6-20-23(12-9-19-10-13-25(29(33)34-3)37-27(19)20)35-15-5-16-36-24-14-11-21(28(32)30-2)26(31)22(24)17-18-7-8-18/h9,11-12,14,18,25,31H,4-8,10,13,15-17H2,1-3H3,(H,30,32). The number of ether oxygens (including phenoxy) is 4. The number of aryl methyl sites for hydroxylation is 1. The number of fused-ring (bicyclic) bond motifs is 1. The lowest BCUT2D eigenvalue weighted by molar-refractivity contribution is -0.149. The minimum Gasteiger partial charge on any atom is -0.507 e. The monoisotopic (exact) mass is 511 g/mol. The van der Waals surface area contributed by atoms with Gasteiger partial charge in [-0.1, -0.05) is 19.4 Å². The van der Waals surface area contributed by atoms with Crippen LogP contribution in [0.15, 0.2) is 24.3 Å². The van der Waals surface area contributed by atoms with Crippen LogP contribution in [-0.2, 0) is 28.8 Å². The van der Waals surface area contributed by atoms with Crippen molar-refractivity contribution < 1.29 is 33.6 Å². The van der Waals surface area contributed by atoms with E-state index in [9.17, 15) is 14.7 Å². The molecule has 8 heteroatoms. The zero-order valence-corrected chi connectivity index (χ0v) is 21.9. The van der Waals surface area contributed by atoms with Gasteiger partial charge in [-0.15, -0.1) is 0 Å². The molecule has 0 radical (unpaired) electrons. The SMILES string of the molecule is CCCc1c(OCCCOc2ccc(C(=O)NC)c(O)c2CC2CC2)ccc2c1OC(C(=O)OC)CC2. The number of carbonyl (C=O) groups is 2. The van der Waals surface area contributed by atoms with Crippen molar-refractivity contribution in [3.8, 4) is 23.0 Å². The van der Waals surface area contributed by atoms with Crippen molar-refractivity contribution in [2.45, 2.75) is 64.4 Å². The molecule has 1 unspecified atom stereocenters. The maximum atomic E-state index is 12.1. The molecule has 1 amide bonds. The minimum absolute atomic E-state index is 0.00326. The van der Waals surface area contributed by atoms with E-state index in [4.69, 9.17) is 18.9 Å². The Morgan fingerprint density at radius 3 is 2.41 bits per heavy atom. The molecule has 37 heavy (non-hydrogen) atoms. The lowest BCUT2D eigenvalue weighted by Gasteiger charge is -2.27. The molecule has 0 spiro atoms. The molecule has 1 fully saturated rings. The fraction of sp³-hybridized carbons (Fsp3) is 0.517. The number of methoxy groups -OCH3 is 1. The molecule has 1 atom stereocenters. The molecular weight excluding hydrogens is 474 g/mol. The molecule has 2 aromatic carbocycles. The normalized spacial score (nSPS) is 16.4. The van der Waals surface area contributed by atoms with Crippen LogP contribution in [0.3, 0.4) is 0 Å². The molecule has 0 aromatic heterocycles. The van der Waals surface area contributed by atoms with Crippen LogP contribution in [0, 0.1) is 5.92 Å². The quantitative estimate of drug-likeness (QED) is 0.322. The number of hydrogen-bond acceptors (Lipinski definition) is 7. The van der Waals surface area contributed by atoms with Gasteiger partial charge in [0.05, 0.1) is 25.9 Å². The average Bonchev–Trinajstić information content (AvgIpc) is 3.74. The van der Waals surface area contributed by atoms with E-state index in [2.05, 4.69) is 12.2 Å². The third-order valence-corrected chi connectivity index (χ3v) is 6.90. The van der Waals surface area contributed by atoms with E-state index >= 15 is 0 Å². The summed E-state index contributed by atoms with van der Waals surface area (Å²) in [4.78, 5) is 24.1. The minimum atomic E-state index is -0.590. The lowest BCUT2D eigenvalue weighted by Crippen LogP contribution is -2.32. The van der Waals surface area contributed by atoms with Gasteiger partial charge in [0, 0.05) is 24.6 Å². The van der Waals surface area contributed by atoms with Crippen molar-refractivity contribution in [3.63, 3.8) is 0 Å². The molecule has 1 aliphatic carbocycles. The fourth-order valence-electron chi connectivity index (χ4n) is 4.71. The highest BCUT2D eigenvalue weighted by Gasteiger charge is 2.30. The van der Waals surface area contributed by atoms with Gasteiger partial charge in [-0.2, -0.15) is 0 Å². The van der Waals surface area contributed by atoms with Crippen molar-refractivity contribution in [2.75, 3.05) is 27.4 Å². The second kappa shape index (κ2) is 12.2. The number of carbonyl (C=O) groups excluding carboxylic acids is 2. The first kappa shape index (κ1) is 26.6. The smallest absolute Gasteiger partial charge is 0.347 e. The second-order valence-electron chi connectivity index (χ2n) is 9.66. The summed E-state index contributed by atoms with van der Waals surface area (Å²) in [6.45, 7) is 2.95. The predicted molar refractivity (Wildman–Crippen MR) is 139 cm³/mol. The van der Waals surface area contributed by atoms with Crippen LogP contribution in [0.4, 0.5) is 0 Å². The van der Waals surface area contributed by atoms with E-state index < -0.39 is 6.10 Å². The third kappa shape index (κ3) is 6.29. The summed E-state index contributed by atoms with van der Waals surface area (Å²) >= 11 is 0. The summed E-state index contributed by atoms with van der Waals surface area (Å²) in [7, 11) is 2.92. The molecule has 200 valence electrons. The number of esters is 1. The zero-order valence-electron chi connectivity index (χ0n) is 21.9. The van der Waals surface area contributed by atoms with E-state index in [1.165, 1.54) is 7.11 Å². The van der Waals surface area contributed by atoms with E-state index in [1.54, 1.807) is 19.2 Å². The number of phenols is 1. The van der Waals surface area contributed by atoms with Gasteiger partial charge in [-0.25, -0.2) is 4.79 Å². The molecule has 1 saturated carbocycles. The van der Waals surface area contributed by atoms with Crippen LogP contribution in [0.25, 0.3) is 0 Å². The Morgan fingerprint density at radius 2 is 1.76 bits per heavy atom. The number of nitrogens with one attached hydrogen (secondary N) is 1. The highest BCUT2D eigenvalue weighted by Crippen LogP contribution is 2.41. The number of hydrogen-bond donors (Lipinski definition) is 2.